The number of imide groups is 1. The minimum Gasteiger partial charge on any atom is -0.379 e. The maximum Gasteiger partial charge on any atom is 0.369 e. The van der Waals surface area contributed by atoms with Gasteiger partial charge in [0.1, 0.15) is 0 Å². The fraction of sp³-hybridized carbons (Fsp3) is 0.818. The maximum absolute atomic E-state index is 11.7. The van der Waals surface area contributed by atoms with Gasteiger partial charge in [0, 0.05) is 32.2 Å². The highest BCUT2D eigenvalue weighted by atomic mass is 31.2. The Hall–Kier alpha value is -1.86. The molecule has 0 radical (unpaired) electrons. The molecule has 0 atom stereocenters. The molecule has 250 valence electrons. The van der Waals surface area contributed by atoms with Gasteiger partial charge < -0.3 is 58.5 Å². The van der Waals surface area contributed by atoms with Crippen molar-refractivity contribution in [3.05, 3.63) is 0 Å². The van der Waals surface area contributed by atoms with Crippen LogP contribution in [0.1, 0.15) is 38.5 Å². The molecule has 0 saturated carbocycles. The molecule has 0 unspecified atom stereocenters. The second kappa shape index (κ2) is 20.2. The largest absolute Gasteiger partial charge is 0.379 e. The Kier molecular flexibility index (Phi) is 18.4. The quantitative estimate of drug-likeness (QED) is 0.0362. The first kappa shape index (κ1) is 39.2. The van der Waals surface area contributed by atoms with Gasteiger partial charge in [0.15, 0.2) is 0 Å². The Balaban J connectivity index is 1.87. The highest BCUT2D eigenvalue weighted by molar-refractivity contribution is 7.72. The van der Waals surface area contributed by atoms with E-state index in [1.54, 1.807) is 0 Å². The Morgan fingerprint density at radius 3 is 1.53 bits per heavy atom. The SMILES string of the molecule is O=C(CCOCCOCCOCCOCCOCCC(=O)ON1C(=O)CCC1=O)NCCCC(O)(P(=O)(O)O)P(=O)(O)O. The highest BCUT2D eigenvalue weighted by Crippen LogP contribution is 2.69. The van der Waals surface area contributed by atoms with E-state index in [1.165, 1.54) is 0 Å². The van der Waals surface area contributed by atoms with Gasteiger partial charge in [-0.2, -0.15) is 0 Å². The van der Waals surface area contributed by atoms with Crippen LogP contribution < -0.4 is 5.32 Å². The molecule has 1 aliphatic heterocycles. The van der Waals surface area contributed by atoms with Crippen molar-refractivity contribution >= 4 is 38.9 Å². The summed E-state index contributed by atoms with van der Waals surface area (Å²) in [5, 5.41) is 9.11. The Labute approximate surface area is 247 Å². The first-order valence-electron chi connectivity index (χ1n) is 13.2. The van der Waals surface area contributed by atoms with E-state index in [0.717, 1.165) is 0 Å². The van der Waals surface area contributed by atoms with Gasteiger partial charge in [-0.15, -0.1) is 5.06 Å². The lowest BCUT2D eigenvalue weighted by Gasteiger charge is -2.29. The Morgan fingerprint density at radius 2 is 1.12 bits per heavy atom. The Bertz CT molecular complexity index is 947. The number of aliphatic hydroxyl groups is 1. The summed E-state index contributed by atoms with van der Waals surface area (Å²) >= 11 is 0. The predicted molar refractivity (Wildman–Crippen MR) is 142 cm³/mol. The third-order valence-electron chi connectivity index (χ3n) is 5.56. The van der Waals surface area contributed by atoms with E-state index in [-0.39, 0.29) is 78.3 Å². The molecule has 1 aliphatic rings. The van der Waals surface area contributed by atoms with Crippen molar-refractivity contribution in [1.82, 2.24) is 10.4 Å². The molecule has 0 aromatic rings. The molecule has 0 aromatic carbocycles. The number of carbonyl (C=O) groups excluding carboxylic acids is 4. The van der Waals surface area contributed by atoms with E-state index in [1.807, 2.05) is 0 Å². The van der Waals surface area contributed by atoms with Crippen LogP contribution in [-0.4, -0.2) is 131 Å². The van der Waals surface area contributed by atoms with E-state index < -0.39 is 50.4 Å². The molecule has 0 spiro atoms. The van der Waals surface area contributed by atoms with Gasteiger partial charge in [0.25, 0.3) is 16.9 Å². The standard InChI is InChI=1S/C22H40N2O17P2/c25-18(23-7-1-6-22(29,42(30,31)32)43(33,34)35)4-8-36-10-12-38-14-16-40-17-15-39-13-11-37-9-5-21(28)41-24-19(26)2-3-20(24)27/h29H,1-17H2,(H,23,25)(H2,30,31,32)(H2,33,34,35). The summed E-state index contributed by atoms with van der Waals surface area (Å²) in [6, 6.07) is 0. The number of carbonyl (C=O) groups is 4. The van der Waals surface area contributed by atoms with E-state index in [9.17, 15) is 33.4 Å². The van der Waals surface area contributed by atoms with Crippen LogP contribution in [0.15, 0.2) is 0 Å². The molecule has 1 saturated heterocycles. The molecule has 19 nitrogen and oxygen atoms in total. The van der Waals surface area contributed by atoms with Crippen LogP contribution in [-0.2, 0) is 56.8 Å². The zero-order valence-electron chi connectivity index (χ0n) is 23.5. The fourth-order valence-electron chi connectivity index (χ4n) is 3.21. The normalized spacial score (nSPS) is 14.4. The highest BCUT2D eigenvalue weighted by Gasteiger charge is 2.58. The van der Waals surface area contributed by atoms with Gasteiger partial charge in [-0.05, 0) is 6.42 Å². The first-order valence-corrected chi connectivity index (χ1v) is 16.5. The number of hydrogen-bond acceptors (Lipinski definition) is 13. The zero-order valence-corrected chi connectivity index (χ0v) is 25.3. The van der Waals surface area contributed by atoms with Crippen LogP contribution in [0.5, 0.6) is 0 Å². The van der Waals surface area contributed by atoms with Gasteiger partial charge in [-0.1, -0.05) is 0 Å². The minimum absolute atomic E-state index is 0.0278. The minimum atomic E-state index is -5.52. The van der Waals surface area contributed by atoms with Gasteiger partial charge in [-0.3, -0.25) is 23.5 Å². The molecule has 21 heteroatoms. The van der Waals surface area contributed by atoms with E-state index in [4.69, 9.17) is 48.1 Å². The monoisotopic (exact) mass is 666 g/mol. The molecular formula is C22H40N2O17P2. The average Bonchev–Trinajstić information content (AvgIpc) is 3.23. The lowest BCUT2D eigenvalue weighted by Crippen LogP contribution is -2.32. The van der Waals surface area contributed by atoms with Crippen molar-refractivity contribution < 1.29 is 81.5 Å². The summed E-state index contributed by atoms with van der Waals surface area (Å²) in [6.07, 6.45) is -1.30. The van der Waals surface area contributed by atoms with Crippen LogP contribution in [0.25, 0.3) is 0 Å². The topological polar surface area (TPSA) is 274 Å². The van der Waals surface area contributed by atoms with E-state index >= 15 is 0 Å². The van der Waals surface area contributed by atoms with Crippen LogP contribution in [0, 0.1) is 0 Å². The van der Waals surface area contributed by atoms with Gasteiger partial charge in [0.05, 0.1) is 72.5 Å². The number of amides is 3. The Morgan fingerprint density at radius 1 is 0.721 bits per heavy atom. The van der Waals surface area contributed by atoms with Crippen molar-refractivity contribution in [1.29, 1.82) is 0 Å². The van der Waals surface area contributed by atoms with Crippen molar-refractivity contribution in [2.45, 2.75) is 43.6 Å². The first-order chi connectivity index (χ1) is 20.2. The fourth-order valence-corrected chi connectivity index (χ4v) is 5.47. The third-order valence-corrected chi connectivity index (χ3v) is 9.43. The zero-order chi connectivity index (χ0) is 32.4. The van der Waals surface area contributed by atoms with Crippen molar-refractivity contribution in [2.24, 2.45) is 0 Å². The van der Waals surface area contributed by atoms with Crippen LogP contribution >= 0.6 is 15.2 Å². The van der Waals surface area contributed by atoms with Crippen molar-refractivity contribution in [3.8, 4) is 0 Å². The molecule has 3 amide bonds. The van der Waals surface area contributed by atoms with Gasteiger partial charge in [-0.25, -0.2) is 4.79 Å². The second-order valence-electron chi connectivity index (χ2n) is 8.92. The summed E-state index contributed by atoms with van der Waals surface area (Å²) in [4.78, 5) is 87.0. The maximum atomic E-state index is 11.7. The third kappa shape index (κ3) is 15.6. The predicted octanol–water partition coefficient (Wildman–Crippen LogP) is -1.65. The summed E-state index contributed by atoms with van der Waals surface area (Å²) in [5.74, 6) is -2.29. The molecule has 1 heterocycles. The van der Waals surface area contributed by atoms with Gasteiger partial charge in [0.2, 0.25) is 5.91 Å². The summed E-state index contributed by atoms with van der Waals surface area (Å²) < 4.78 is 48.9. The number of nitrogens with zero attached hydrogens (tertiary/aromatic N) is 1. The van der Waals surface area contributed by atoms with Crippen LogP contribution in [0.3, 0.4) is 0 Å². The van der Waals surface area contributed by atoms with Gasteiger partial charge >= 0.3 is 21.2 Å². The summed E-state index contributed by atoms with van der Waals surface area (Å²) in [5.41, 5.74) is 0. The molecule has 1 rings (SSSR count). The molecule has 6 N–H and O–H groups in total. The molecule has 43 heavy (non-hydrogen) atoms. The number of rotatable bonds is 25. The van der Waals surface area contributed by atoms with E-state index in [2.05, 4.69) is 5.32 Å². The summed E-state index contributed by atoms with van der Waals surface area (Å²) in [6.45, 7) is 2.12. The smallest absolute Gasteiger partial charge is 0.369 e. The average molecular weight is 667 g/mol. The summed E-state index contributed by atoms with van der Waals surface area (Å²) in [7, 11) is -11.0. The van der Waals surface area contributed by atoms with E-state index in [0.29, 0.717) is 31.5 Å². The number of nitrogens with one attached hydrogen (secondary N) is 1. The lowest BCUT2D eigenvalue weighted by molar-refractivity contribution is -0.198. The van der Waals surface area contributed by atoms with Crippen LogP contribution in [0.2, 0.25) is 0 Å². The van der Waals surface area contributed by atoms with Crippen molar-refractivity contribution in [3.63, 3.8) is 0 Å². The second-order valence-corrected chi connectivity index (χ2v) is 12.9. The molecule has 0 bridgehead atoms. The number of ether oxygens (including phenoxy) is 5. The van der Waals surface area contributed by atoms with Crippen molar-refractivity contribution in [2.75, 3.05) is 72.6 Å². The number of hydroxylamine groups is 2. The molecule has 0 aromatic heterocycles. The van der Waals surface area contributed by atoms with Crippen LogP contribution in [0.4, 0.5) is 0 Å². The lowest BCUT2D eigenvalue weighted by atomic mass is 10.3. The molecule has 1 fully saturated rings. The number of hydrogen-bond donors (Lipinski definition) is 6. The molecule has 0 aliphatic carbocycles. The molecular weight excluding hydrogens is 626 g/mol.